The van der Waals surface area contributed by atoms with Gasteiger partial charge in [0.2, 0.25) is 5.91 Å². The third-order valence-electron chi connectivity index (χ3n) is 6.13. The van der Waals surface area contributed by atoms with Crippen LogP contribution in [0.5, 0.6) is 0 Å². The second kappa shape index (κ2) is 7.45. The molecule has 1 fully saturated rings. The summed E-state index contributed by atoms with van der Waals surface area (Å²) in [6, 6.07) is 27.1. The average Bonchev–Trinajstić information content (AvgIpc) is 3.35. The third-order valence-corrected chi connectivity index (χ3v) is 6.13. The van der Waals surface area contributed by atoms with Crippen molar-refractivity contribution in [3.05, 3.63) is 95.8 Å². The highest BCUT2D eigenvalue weighted by Gasteiger charge is 2.35. The van der Waals surface area contributed by atoms with Crippen LogP contribution < -0.4 is 4.90 Å². The Morgan fingerprint density at radius 3 is 2.40 bits per heavy atom. The minimum Gasteiger partial charge on any atom is -0.320 e. The molecule has 2 heterocycles. The van der Waals surface area contributed by atoms with Crippen molar-refractivity contribution < 1.29 is 4.79 Å². The van der Waals surface area contributed by atoms with Crippen molar-refractivity contribution >= 4 is 22.6 Å². The number of carbonyl (C=O) groups is 1. The number of amides is 1. The van der Waals surface area contributed by atoms with Crippen LogP contribution in [0, 0.1) is 6.92 Å². The summed E-state index contributed by atoms with van der Waals surface area (Å²) in [4.78, 5) is 19.8. The first-order valence-electron chi connectivity index (χ1n) is 10.5. The van der Waals surface area contributed by atoms with Gasteiger partial charge in [-0.25, -0.2) is 4.98 Å². The second-order valence-electron chi connectivity index (χ2n) is 8.16. The topological polar surface area (TPSA) is 38.1 Å². The van der Waals surface area contributed by atoms with Gasteiger partial charge in [-0.2, -0.15) is 0 Å². The van der Waals surface area contributed by atoms with Crippen LogP contribution in [0.4, 0.5) is 5.69 Å². The van der Waals surface area contributed by atoms with E-state index in [9.17, 15) is 4.79 Å². The predicted octanol–water partition coefficient (Wildman–Crippen LogP) is 5.47. The van der Waals surface area contributed by atoms with Gasteiger partial charge in [0.15, 0.2) is 0 Å². The highest BCUT2D eigenvalue weighted by atomic mass is 16.2. The van der Waals surface area contributed by atoms with Crippen molar-refractivity contribution in [1.82, 2.24) is 9.55 Å². The third kappa shape index (κ3) is 3.18. The average molecular weight is 396 g/mol. The molecule has 5 rings (SSSR count). The molecule has 1 saturated heterocycles. The van der Waals surface area contributed by atoms with Gasteiger partial charge in [0.25, 0.3) is 0 Å². The molecule has 150 valence electrons. The lowest BCUT2D eigenvalue weighted by molar-refractivity contribution is -0.117. The van der Waals surface area contributed by atoms with Gasteiger partial charge < -0.3 is 9.47 Å². The van der Waals surface area contributed by atoms with Crippen LogP contribution in [0.2, 0.25) is 0 Å². The number of rotatable bonds is 4. The van der Waals surface area contributed by atoms with Crippen molar-refractivity contribution in [2.75, 3.05) is 11.4 Å². The summed E-state index contributed by atoms with van der Waals surface area (Å²) in [5, 5.41) is 0. The largest absolute Gasteiger partial charge is 0.320 e. The summed E-state index contributed by atoms with van der Waals surface area (Å²) in [7, 11) is 0. The van der Waals surface area contributed by atoms with Crippen molar-refractivity contribution in [1.29, 1.82) is 0 Å². The molecule has 3 aromatic carbocycles. The summed E-state index contributed by atoms with van der Waals surface area (Å²) >= 11 is 0. The Balaban J connectivity index is 1.56. The Morgan fingerprint density at radius 1 is 0.933 bits per heavy atom. The van der Waals surface area contributed by atoms with E-state index in [4.69, 9.17) is 4.98 Å². The SMILES string of the molecule is Cc1ccc(N2CC(c3nc4ccccc4n3C(C)c3ccccc3)CC2=O)cc1. The number of carbonyl (C=O) groups excluding carboxylic acids is 1. The lowest BCUT2D eigenvalue weighted by atomic mass is 10.0. The van der Waals surface area contributed by atoms with Gasteiger partial charge in [-0.05, 0) is 43.7 Å². The van der Waals surface area contributed by atoms with Crippen LogP contribution in [0.25, 0.3) is 11.0 Å². The standard InChI is InChI=1S/C26H25N3O/c1-18-12-14-22(15-13-18)28-17-21(16-25(28)30)26-27-23-10-6-7-11-24(23)29(26)19(2)20-8-4-3-5-9-20/h3-15,19,21H,16-17H2,1-2H3. The maximum absolute atomic E-state index is 12.9. The molecule has 2 atom stereocenters. The summed E-state index contributed by atoms with van der Waals surface area (Å²) in [6.07, 6.45) is 0.485. The number of fused-ring (bicyclic) bond motifs is 1. The number of benzene rings is 3. The first-order valence-corrected chi connectivity index (χ1v) is 10.5. The zero-order valence-corrected chi connectivity index (χ0v) is 17.3. The molecule has 1 aromatic heterocycles. The van der Waals surface area contributed by atoms with Gasteiger partial charge in [-0.15, -0.1) is 0 Å². The van der Waals surface area contributed by atoms with Gasteiger partial charge in [0.05, 0.1) is 17.1 Å². The van der Waals surface area contributed by atoms with E-state index in [0.29, 0.717) is 13.0 Å². The lowest BCUT2D eigenvalue weighted by Gasteiger charge is -2.21. The summed E-state index contributed by atoms with van der Waals surface area (Å²) < 4.78 is 2.32. The highest BCUT2D eigenvalue weighted by molar-refractivity contribution is 5.96. The number of imidazole rings is 1. The van der Waals surface area contributed by atoms with Crippen molar-refractivity contribution in [3.63, 3.8) is 0 Å². The Hall–Kier alpha value is -3.40. The molecule has 0 radical (unpaired) electrons. The molecule has 0 saturated carbocycles. The highest BCUT2D eigenvalue weighted by Crippen LogP contribution is 2.36. The molecule has 2 unspecified atom stereocenters. The van der Waals surface area contributed by atoms with Gasteiger partial charge in [-0.1, -0.05) is 60.2 Å². The Labute approximate surface area is 176 Å². The minimum atomic E-state index is 0.0670. The molecular weight excluding hydrogens is 370 g/mol. The normalized spacial score (nSPS) is 17.6. The number of nitrogens with zero attached hydrogens (tertiary/aromatic N) is 3. The summed E-state index contributed by atoms with van der Waals surface area (Å²) in [6.45, 7) is 4.93. The molecule has 0 N–H and O–H groups in total. The van der Waals surface area contributed by atoms with Crippen molar-refractivity contribution in [2.45, 2.75) is 32.2 Å². The van der Waals surface area contributed by atoms with E-state index in [0.717, 1.165) is 22.5 Å². The van der Waals surface area contributed by atoms with E-state index >= 15 is 0 Å². The number of hydrogen-bond donors (Lipinski definition) is 0. The van der Waals surface area contributed by atoms with Gasteiger partial charge in [0, 0.05) is 24.6 Å². The van der Waals surface area contributed by atoms with Crippen molar-refractivity contribution in [2.24, 2.45) is 0 Å². The number of hydrogen-bond acceptors (Lipinski definition) is 2. The molecule has 0 spiro atoms. The van der Waals surface area contributed by atoms with Crippen molar-refractivity contribution in [3.8, 4) is 0 Å². The molecular formula is C26H25N3O. The summed E-state index contributed by atoms with van der Waals surface area (Å²) in [5.41, 5.74) is 5.50. The zero-order valence-electron chi connectivity index (χ0n) is 17.3. The molecule has 4 heteroatoms. The van der Waals surface area contributed by atoms with E-state index in [-0.39, 0.29) is 17.9 Å². The molecule has 30 heavy (non-hydrogen) atoms. The monoisotopic (exact) mass is 395 g/mol. The Bertz CT molecular complexity index is 1190. The van der Waals surface area contributed by atoms with E-state index < -0.39 is 0 Å². The number of anilines is 1. The smallest absolute Gasteiger partial charge is 0.227 e. The predicted molar refractivity (Wildman–Crippen MR) is 121 cm³/mol. The van der Waals surface area contributed by atoms with Gasteiger partial charge in [0.1, 0.15) is 5.82 Å². The molecule has 1 aliphatic rings. The second-order valence-corrected chi connectivity index (χ2v) is 8.16. The Kier molecular flexibility index (Phi) is 4.62. The molecule has 1 amide bonds. The van der Waals surface area contributed by atoms with Crippen LogP contribution in [-0.2, 0) is 4.79 Å². The van der Waals surface area contributed by atoms with E-state index in [1.54, 1.807) is 0 Å². The van der Waals surface area contributed by atoms with E-state index in [1.165, 1.54) is 11.1 Å². The van der Waals surface area contributed by atoms with Gasteiger partial charge >= 0.3 is 0 Å². The maximum Gasteiger partial charge on any atom is 0.227 e. The van der Waals surface area contributed by atoms with Gasteiger partial charge in [-0.3, -0.25) is 4.79 Å². The van der Waals surface area contributed by atoms with Crippen LogP contribution in [-0.4, -0.2) is 22.0 Å². The minimum absolute atomic E-state index is 0.0670. The quantitative estimate of drug-likeness (QED) is 0.459. The summed E-state index contributed by atoms with van der Waals surface area (Å²) in [5.74, 6) is 1.22. The fraction of sp³-hybridized carbons (Fsp3) is 0.231. The maximum atomic E-state index is 12.9. The lowest BCUT2D eigenvalue weighted by Crippen LogP contribution is -2.24. The first kappa shape index (κ1) is 18.6. The van der Waals surface area contributed by atoms with Crippen LogP contribution in [0.3, 0.4) is 0 Å². The first-order chi connectivity index (χ1) is 14.6. The van der Waals surface area contributed by atoms with E-state index in [1.807, 2.05) is 29.2 Å². The Morgan fingerprint density at radius 2 is 1.63 bits per heavy atom. The molecule has 4 aromatic rings. The fourth-order valence-electron chi connectivity index (χ4n) is 4.49. The molecule has 1 aliphatic heterocycles. The molecule has 4 nitrogen and oxygen atoms in total. The number of para-hydroxylation sites is 2. The molecule has 0 bridgehead atoms. The van der Waals surface area contributed by atoms with E-state index in [2.05, 4.69) is 73.0 Å². The molecule has 0 aliphatic carbocycles. The fourth-order valence-corrected chi connectivity index (χ4v) is 4.49. The van der Waals surface area contributed by atoms with Crippen LogP contribution in [0.1, 0.15) is 42.3 Å². The van der Waals surface area contributed by atoms with Crippen LogP contribution in [0.15, 0.2) is 78.9 Å². The number of aryl methyl sites for hydroxylation is 1. The zero-order chi connectivity index (χ0) is 20.7. The van der Waals surface area contributed by atoms with Crippen LogP contribution >= 0.6 is 0 Å². The number of aromatic nitrogens is 2.